The fourth-order valence-electron chi connectivity index (χ4n) is 3.29. The highest BCUT2D eigenvalue weighted by molar-refractivity contribution is 5.91. The van der Waals surface area contributed by atoms with Gasteiger partial charge in [-0.1, -0.05) is 12.8 Å². The summed E-state index contributed by atoms with van der Waals surface area (Å²) in [7, 11) is 2.05. The van der Waals surface area contributed by atoms with Gasteiger partial charge in [0, 0.05) is 13.6 Å². The van der Waals surface area contributed by atoms with E-state index in [9.17, 15) is 4.79 Å². The van der Waals surface area contributed by atoms with E-state index in [2.05, 4.69) is 10.2 Å². The topological polar surface area (TPSA) is 52.6 Å². The molecule has 1 spiro atoms. The Kier molecular flexibility index (Phi) is 2.47. The van der Waals surface area contributed by atoms with Crippen LogP contribution in [0.1, 0.15) is 36.0 Å². The van der Waals surface area contributed by atoms with Gasteiger partial charge in [0.05, 0.1) is 22.5 Å². The van der Waals surface area contributed by atoms with Crippen molar-refractivity contribution in [1.82, 2.24) is 0 Å². The van der Waals surface area contributed by atoms with Crippen LogP contribution in [-0.2, 0) is 0 Å². The van der Waals surface area contributed by atoms with E-state index < -0.39 is 5.97 Å². The van der Waals surface area contributed by atoms with Crippen LogP contribution in [0.2, 0.25) is 0 Å². The molecule has 0 unspecified atom stereocenters. The predicted octanol–water partition coefficient (Wildman–Crippen LogP) is 2.56. The van der Waals surface area contributed by atoms with Crippen molar-refractivity contribution in [1.29, 1.82) is 0 Å². The Morgan fingerprint density at radius 3 is 2.78 bits per heavy atom. The maximum Gasteiger partial charge on any atom is 0.335 e. The summed E-state index contributed by atoms with van der Waals surface area (Å²) >= 11 is 0. The van der Waals surface area contributed by atoms with Crippen LogP contribution >= 0.6 is 0 Å². The number of carboxylic acid groups (broad SMARTS) is 1. The zero-order valence-corrected chi connectivity index (χ0v) is 10.6. The molecule has 0 bridgehead atoms. The zero-order valence-electron chi connectivity index (χ0n) is 10.6. The molecule has 0 saturated heterocycles. The van der Waals surface area contributed by atoms with Gasteiger partial charge >= 0.3 is 5.97 Å². The van der Waals surface area contributed by atoms with Crippen molar-refractivity contribution >= 4 is 17.3 Å². The summed E-state index contributed by atoms with van der Waals surface area (Å²) in [5.74, 6) is -0.868. The minimum Gasteiger partial charge on any atom is -0.478 e. The molecule has 4 heteroatoms. The second-order valence-corrected chi connectivity index (χ2v) is 5.51. The van der Waals surface area contributed by atoms with Gasteiger partial charge in [-0.25, -0.2) is 4.79 Å². The average molecular weight is 246 g/mol. The molecule has 96 valence electrons. The molecule has 1 aliphatic heterocycles. The molecule has 18 heavy (non-hydrogen) atoms. The largest absolute Gasteiger partial charge is 0.478 e. The molecule has 1 aromatic carbocycles. The minimum absolute atomic E-state index is 0.201. The highest BCUT2D eigenvalue weighted by Gasteiger charge is 2.38. The van der Waals surface area contributed by atoms with E-state index in [0.29, 0.717) is 5.56 Å². The van der Waals surface area contributed by atoms with Gasteiger partial charge < -0.3 is 15.3 Å². The van der Waals surface area contributed by atoms with E-state index in [1.807, 2.05) is 13.1 Å². The summed E-state index contributed by atoms with van der Waals surface area (Å²) in [5, 5.41) is 12.7. The van der Waals surface area contributed by atoms with Crippen molar-refractivity contribution in [2.24, 2.45) is 0 Å². The second kappa shape index (κ2) is 3.90. The summed E-state index contributed by atoms with van der Waals surface area (Å²) in [4.78, 5) is 13.2. The molecule has 1 saturated carbocycles. The second-order valence-electron chi connectivity index (χ2n) is 5.51. The van der Waals surface area contributed by atoms with E-state index in [4.69, 9.17) is 5.11 Å². The zero-order chi connectivity index (χ0) is 12.8. The Labute approximate surface area is 107 Å². The maximum atomic E-state index is 11.0. The number of carboxylic acids is 1. The molecule has 0 aromatic heterocycles. The lowest BCUT2D eigenvalue weighted by molar-refractivity contribution is 0.0697. The van der Waals surface area contributed by atoms with Crippen LogP contribution in [0.15, 0.2) is 18.2 Å². The highest BCUT2D eigenvalue weighted by atomic mass is 16.4. The third-order valence-electron chi connectivity index (χ3n) is 4.16. The lowest BCUT2D eigenvalue weighted by Gasteiger charge is -2.42. The average Bonchev–Trinajstić information content (AvgIpc) is 2.76. The maximum absolute atomic E-state index is 11.0. The Hall–Kier alpha value is -1.71. The Morgan fingerprint density at radius 2 is 2.11 bits per heavy atom. The van der Waals surface area contributed by atoms with Gasteiger partial charge in [0.2, 0.25) is 0 Å². The fourth-order valence-corrected chi connectivity index (χ4v) is 3.29. The highest BCUT2D eigenvalue weighted by Crippen LogP contribution is 2.41. The van der Waals surface area contributed by atoms with Gasteiger partial charge in [0.25, 0.3) is 0 Å². The molecule has 1 aliphatic carbocycles. The SMILES string of the molecule is CN1CC2(CCCC2)Nc2ccc(C(=O)O)cc21. The molecule has 3 rings (SSSR count). The van der Waals surface area contributed by atoms with E-state index in [1.54, 1.807) is 12.1 Å². The molecule has 4 nitrogen and oxygen atoms in total. The van der Waals surface area contributed by atoms with Gasteiger partial charge in [0.1, 0.15) is 0 Å². The Morgan fingerprint density at radius 1 is 1.39 bits per heavy atom. The van der Waals surface area contributed by atoms with Gasteiger partial charge in [-0.2, -0.15) is 0 Å². The lowest BCUT2D eigenvalue weighted by atomic mass is 9.93. The van der Waals surface area contributed by atoms with Crippen LogP contribution in [-0.4, -0.2) is 30.2 Å². The number of carbonyl (C=O) groups is 1. The van der Waals surface area contributed by atoms with Crippen molar-refractivity contribution in [3.63, 3.8) is 0 Å². The summed E-state index contributed by atoms with van der Waals surface area (Å²) in [6, 6.07) is 5.33. The smallest absolute Gasteiger partial charge is 0.335 e. The number of hydrogen-bond acceptors (Lipinski definition) is 3. The number of hydrogen-bond donors (Lipinski definition) is 2. The van der Waals surface area contributed by atoms with Gasteiger partial charge in [-0.15, -0.1) is 0 Å². The molecular formula is C14H18N2O2. The van der Waals surface area contributed by atoms with Crippen molar-refractivity contribution in [2.75, 3.05) is 23.8 Å². The molecule has 0 amide bonds. The van der Waals surface area contributed by atoms with E-state index in [-0.39, 0.29) is 5.54 Å². The van der Waals surface area contributed by atoms with Crippen LogP contribution in [0.3, 0.4) is 0 Å². The number of nitrogens with one attached hydrogen (secondary N) is 1. The number of rotatable bonds is 1. The van der Waals surface area contributed by atoms with E-state index in [1.165, 1.54) is 25.7 Å². The van der Waals surface area contributed by atoms with Gasteiger partial charge in [-0.3, -0.25) is 0 Å². The number of benzene rings is 1. The van der Waals surface area contributed by atoms with Gasteiger partial charge in [0.15, 0.2) is 0 Å². The molecule has 1 fully saturated rings. The third kappa shape index (κ3) is 1.72. The molecule has 2 N–H and O–H groups in total. The first kappa shape index (κ1) is 11.4. The van der Waals surface area contributed by atoms with Crippen molar-refractivity contribution < 1.29 is 9.90 Å². The molecule has 1 aromatic rings. The normalized spacial score (nSPS) is 20.6. The van der Waals surface area contributed by atoms with Crippen molar-refractivity contribution in [3.05, 3.63) is 23.8 Å². The Bertz CT molecular complexity index is 493. The first-order valence-corrected chi connectivity index (χ1v) is 6.46. The quantitative estimate of drug-likeness (QED) is 0.799. The summed E-state index contributed by atoms with van der Waals surface area (Å²) in [6.45, 7) is 0.961. The van der Waals surface area contributed by atoms with E-state index >= 15 is 0 Å². The first-order chi connectivity index (χ1) is 8.60. The lowest BCUT2D eigenvalue weighted by Crippen LogP contribution is -2.49. The number of aromatic carboxylic acids is 1. The van der Waals surface area contributed by atoms with Crippen LogP contribution in [0.4, 0.5) is 11.4 Å². The molecule has 2 aliphatic rings. The summed E-state index contributed by atoms with van der Waals surface area (Å²) < 4.78 is 0. The van der Waals surface area contributed by atoms with Crippen molar-refractivity contribution in [3.8, 4) is 0 Å². The third-order valence-corrected chi connectivity index (χ3v) is 4.16. The number of nitrogens with zero attached hydrogens (tertiary/aromatic N) is 1. The molecule has 0 radical (unpaired) electrons. The number of anilines is 2. The minimum atomic E-state index is -0.868. The molecule has 1 heterocycles. The van der Waals surface area contributed by atoms with Crippen LogP contribution in [0.5, 0.6) is 0 Å². The molecular weight excluding hydrogens is 228 g/mol. The van der Waals surface area contributed by atoms with E-state index in [0.717, 1.165) is 17.9 Å². The van der Waals surface area contributed by atoms with Crippen LogP contribution in [0.25, 0.3) is 0 Å². The fraction of sp³-hybridized carbons (Fsp3) is 0.500. The standard InChI is InChI=1S/C14H18N2O2/c1-16-9-14(6-2-3-7-14)15-11-5-4-10(13(17)18)8-12(11)16/h4-5,8,15H,2-3,6-7,9H2,1H3,(H,17,18). The van der Waals surface area contributed by atoms with Crippen molar-refractivity contribution in [2.45, 2.75) is 31.2 Å². The predicted molar refractivity (Wildman–Crippen MR) is 71.5 cm³/mol. The number of fused-ring (bicyclic) bond motifs is 1. The molecule has 0 atom stereocenters. The Balaban J connectivity index is 1.98. The van der Waals surface area contributed by atoms with Crippen LogP contribution < -0.4 is 10.2 Å². The van der Waals surface area contributed by atoms with Gasteiger partial charge in [-0.05, 0) is 31.0 Å². The number of likely N-dealkylation sites (N-methyl/N-ethyl adjacent to an activating group) is 1. The monoisotopic (exact) mass is 246 g/mol. The summed E-state index contributed by atoms with van der Waals surface area (Å²) in [6.07, 6.45) is 4.97. The van der Waals surface area contributed by atoms with Crippen LogP contribution in [0, 0.1) is 0 Å². The summed E-state index contributed by atoms with van der Waals surface area (Å²) in [5.41, 5.74) is 2.61. The first-order valence-electron chi connectivity index (χ1n) is 6.46.